The van der Waals surface area contributed by atoms with Crippen molar-refractivity contribution in [1.29, 1.82) is 0 Å². The molecule has 17 heavy (non-hydrogen) atoms. The van der Waals surface area contributed by atoms with Crippen LogP contribution in [0.3, 0.4) is 0 Å². The standard InChI is InChI=1S/C15H25NS/c1-5-13(10-11-16)17-14-8-6-12(7-9-14)15(2,3)4/h6-9,13H,5,10-11,16H2,1-4H3. The normalized spacial score (nSPS) is 13.7. The number of hydrogen-bond acceptors (Lipinski definition) is 2. The number of rotatable bonds is 5. The van der Waals surface area contributed by atoms with E-state index in [0.717, 1.165) is 13.0 Å². The first-order chi connectivity index (χ1) is 7.97. The van der Waals surface area contributed by atoms with Gasteiger partial charge >= 0.3 is 0 Å². The van der Waals surface area contributed by atoms with Gasteiger partial charge in [0.1, 0.15) is 0 Å². The summed E-state index contributed by atoms with van der Waals surface area (Å²) in [4.78, 5) is 1.36. The van der Waals surface area contributed by atoms with E-state index in [9.17, 15) is 0 Å². The Kier molecular flexibility index (Phi) is 5.54. The molecule has 1 aromatic rings. The van der Waals surface area contributed by atoms with Gasteiger partial charge in [-0.2, -0.15) is 0 Å². The van der Waals surface area contributed by atoms with Gasteiger partial charge in [-0.3, -0.25) is 0 Å². The van der Waals surface area contributed by atoms with Gasteiger partial charge in [0.25, 0.3) is 0 Å². The van der Waals surface area contributed by atoms with Crippen LogP contribution < -0.4 is 5.73 Å². The van der Waals surface area contributed by atoms with Gasteiger partial charge in [-0.15, -0.1) is 11.8 Å². The molecular weight excluding hydrogens is 226 g/mol. The van der Waals surface area contributed by atoms with Crippen LogP contribution in [0.1, 0.15) is 46.1 Å². The van der Waals surface area contributed by atoms with E-state index >= 15 is 0 Å². The second-order valence-corrected chi connectivity index (χ2v) is 6.87. The van der Waals surface area contributed by atoms with Gasteiger partial charge in [0.05, 0.1) is 0 Å². The average Bonchev–Trinajstić information content (AvgIpc) is 2.28. The van der Waals surface area contributed by atoms with Crippen LogP contribution >= 0.6 is 11.8 Å². The smallest absolute Gasteiger partial charge is 0.0104 e. The lowest BCUT2D eigenvalue weighted by Crippen LogP contribution is -2.11. The van der Waals surface area contributed by atoms with Gasteiger partial charge in [-0.1, -0.05) is 39.8 Å². The summed E-state index contributed by atoms with van der Waals surface area (Å²) in [6.45, 7) is 9.76. The molecule has 1 unspecified atom stereocenters. The van der Waals surface area contributed by atoms with Gasteiger partial charge < -0.3 is 5.73 Å². The summed E-state index contributed by atoms with van der Waals surface area (Å²) in [7, 11) is 0. The van der Waals surface area contributed by atoms with E-state index in [1.807, 2.05) is 11.8 Å². The fourth-order valence-electron chi connectivity index (χ4n) is 1.76. The van der Waals surface area contributed by atoms with E-state index in [1.54, 1.807) is 0 Å². The summed E-state index contributed by atoms with van der Waals surface area (Å²) < 4.78 is 0. The molecule has 0 heterocycles. The Labute approximate surface area is 110 Å². The summed E-state index contributed by atoms with van der Waals surface area (Å²) >= 11 is 1.95. The molecule has 1 nitrogen and oxygen atoms in total. The Morgan fingerprint density at radius 1 is 1.18 bits per heavy atom. The summed E-state index contributed by atoms with van der Waals surface area (Å²) in [5, 5.41) is 0.653. The van der Waals surface area contributed by atoms with Crippen molar-refractivity contribution >= 4 is 11.8 Å². The van der Waals surface area contributed by atoms with Gasteiger partial charge in [-0.25, -0.2) is 0 Å². The minimum absolute atomic E-state index is 0.241. The van der Waals surface area contributed by atoms with E-state index in [-0.39, 0.29) is 5.41 Å². The van der Waals surface area contributed by atoms with Gasteiger partial charge in [0, 0.05) is 10.1 Å². The topological polar surface area (TPSA) is 26.0 Å². The van der Waals surface area contributed by atoms with Crippen LogP contribution in [-0.2, 0) is 5.41 Å². The highest BCUT2D eigenvalue weighted by atomic mass is 32.2. The first-order valence-electron chi connectivity index (χ1n) is 6.44. The van der Waals surface area contributed by atoms with Crippen LogP contribution in [0.5, 0.6) is 0 Å². The molecule has 0 saturated carbocycles. The van der Waals surface area contributed by atoms with Crippen molar-refractivity contribution in [1.82, 2.24) is 0 Å². The van der Waals surface area contributed by atoms with E-state index in [2.05, 4.69) is 52.0 Å². The lowest BCUT2D eigenvalue weighted by molar-refractivity contribution is 0.589. The number of benzene rings is 1. The molecule has 1 atom stereocenters. The lowest BCUT2D eigenvalue weighted by atomic mass is 9.87. The molecule has 2 N–H and O–H groups in total. The molecule has 0 aliphatic heterocycles. The molecule has 2 heteroatoms. The summed E-state index contributed by atoms with van der Waals surface area (Å²) in [5.41, 5.74) is 7.26. The maximum Gasteiger partial charge on any atom is 0.0104 e. The highest BCUT2D eigenvalue weighted by Gasteiger charge is 2.13. The Bertz CT molecular complexity index is 324. The van der Waals surface area contributed by atoms with Crippen molar-refractivity contribution < 1.29 is 0 Å². The molecule has 0 amide bonds. The Balaban J connectivity index is 2.68. The van der Waals surface area contributed by atoms with Crippen molar-refractivity contribution in [2.24, 2.45) is 5.73 Å². The zero-order chi connectivity index (χ0) is 12.9. The molecule has 0 aromatic heterocycles. The zero-order valence-corrected chi connectivity index (χ0v) is 12.3. The van der Waals surface area contributed by atoms with Crippen molar-refractivity contribution in [3.05, 3.63) is 29.8 Å². The van der Waals surface area contributed by atoms with Crippen LogP contribution in [0.25, 0.3) is 0 Å². The summed E-state index contributed by atoms with van der Waals surface area (Å²) in [6, 6.07) is 8.98. The minimum Gasteiger partial charge on any atom is -0.330 e. The quantitative estimate of drug-likeness (QED) is 0.794. The summed E-state index contributed by atoms with van der Waals surface area (Å²) in [6.07, 6.45) is 2.28. The fourth-order valence-corrected chi connectivity index (χ4v) is 2.86. The molecule has 0 spiro atoms. The molecule has 0 radical (unpaired) electrons. The van der Waals surface area contributed by atoms with Crippen LogP contribution in [0.15, 0.2) is 29.2 Å². The third-order valence-electron chi connectivity index (χ3n) is 2.97. The van der Waals surface area contributed by atoms with Crippen LogP contribution in [-0.4, -0.2) is 11.8 Å². The zero-order valence-electron chi connectivity index (χ0n) is 11.5. The highest BCUT2D eigenvalue weighted by Crippen LogP contribution is 2.29. The Morgan fingerprint density at radius 2 is 1.76 bits per heavy atom. The second-order valence-electron chi connectivity index (χ2n) is 5.50. The van der Waals surface area contributed by atoms with E-state index in [1.165, 1.54) is 16.9 Å². The van der Waals surface area contributed by atoms with Gasteiger partial charge in [-0.05, 0) is 42.5 Å². The maximum absolute atomic E-state index is 5.63. The minimum atomic E-state index is 0.241. The molecule has 0 bridgehead atoms. The van der Waals surface area contributed by atoms with E-state index in [0.29, 0.717) is 5.25 Å². The molecule has 0 saturated heterocycles. The monoisotopic (exact) mass is 251 g/mol. The van der Waals surface area contributed by atoms with Gasteiger partial charge in [0.2, 0.25) is 0 Å². The summed E-state index contributed by atoms with van der Waals surface area (Å²) in [5.74, 6) is 0. The SMILES string of the molecule is CCC(CCN)Sc1ccc(C(C)(C)C)cc1. The lowest BCUT2D eigenvalue weighted by Gasteiger charge is -2.20. The van der Waals surface area contributed by atoms with E-state index < -0.39 is 0 Å². The number of hydrogen-bond donors (Lipinski definition) is 1. The van der Waals surface area contributed by atoms with Crippen LogP contribution in [0, 0.1) is 0 Å². The molecule has 0 aliphatic carbocycles. The number of nitrogens with two attached hydrogens (primary N) is 1. The van der Waals surface area contributed by atoms with Crippen molar-refractivity contribution in [3.8, 4) is 0 Å². The third kappa shape index (κ3) is 4.72. The highest BCUT2D eigenvalue weighted by molar-refractivity contribution is 8.00. The Hall–Kier alpha value is -0.470. The molecule has 1 aromatic carbocycles. The predicted molar refractivity (Wildman–Crippen MR) is 78.7 cm³/mol. The Morgan fingerprint density at radius 3 is 2.18 bits per heavy atom. The first kappa shape index (κ1) is 14.6. The van der Waals surface area contributed by atoms with Gasteiger partial charge in [0.15, 0.2) is 0 Å². The number of thioether (sulfide) groups is 1. The molecule has 1 rings (SSSR count). The van der Waals surface area contributed by atoms with Crippen LogP contribution in [0.2, 0.25) is 0 Å². The van der Waals surface area contributed by atoms with E-state index in [4.69, 9.17) is 5.73 Å². The molecule has 96 valence electrons. The first-order valence-corrected chi connectivity index (χ1v) is 7.32. The van der Waals surface area contributed by atoms with Crippen molar-refractivity contribution in [2.45, 2.75) is 56.1 Å². The molecule has 0 fully saturated rings. The second kappa shape index (κ2) is 6.46. The maximum atomic E-state index is 5.63. The average molecular weight is 251 g/mol. The largest absolute Gasteiger partial charge is 0.330 e. The van der Waals surface area contributed by atoms with Crippen molar-refractivity contribution in [2.75, 3.05) is 6.54 Å². The van der Waals surface area contributed by atoms with Crippen LogP contribution in [0.4, 0.5) is 0 Å². The molecule has 0 aliphatic rings. The molecular formula is C15H25NS. The predicted octanol–water partition coefficient (Wildman–Crippen LogP) is 4.20. The van der Waals surface area contributed by atoms with Crippen molar-refractivity contribution in [3.63, 3.8) is 0 Å². The fraction of sp³-hybridized carbons (Fsp3) is 0.600. The third-order valence-corrected chi connectivity index (χ3v) is 4.41.